The van der Waals surface area contributed by atoms with Gasteiger partial charge in [0.1, 0.15) is 11.5 Å². The molecule has 1 heterocycles. The standard InChI is InChI=1S/C19H24FN3O2/c1-12(2)9-15-10-17(22-21-15)19(25)23(16-7-8-16)11-18(24)13-3-5-14(20)6-4-13/h3-6,10,12,16,18,24H,7-9,11H2,1-2H3,(H,21,22). The number of rotatable bonds is 7. The molecule has 0 spiro atoms. The molecule has 1 saturated carbocycles. The molecule has 1 aliphatic carbocycles. The average molecular weight is 345 g/mol. The number of nitrogens with zero attached hydrogens (tertiary/aromatic N) is 2. The van der Waals surface area contributed by atoms with E-state index in [0.717, 1.165) is 25.0 Å². The summed E-state index contributed by atoms with van der Waals surface area (Å²) in [5, 5.41) is 17.5. The first kappa shape index (κ1) is 17.6. The van der Waals surface area contributed by atoms with Crippen molar-refractivity contribution in [3.63, 3.8) is 0 Å². The molecule has 1 aromatic carbocycles. The van der Waals surface area contributed by atoms with Crippen molar-refractivity contribution < 1.29 is 14.3 Å². The highest BCUT2D eigenvalue weighted by Gasteiger charge is 2.35. The number of nitrogens with one attached hydrogen (secondary N) is 1. The summed E-state index contributed by atoms with van der Waals surface area (Å²) in [6.07, 6.45) is 1.86. The van der Waals surface area contributed by atoms with E-state index in [4.69, 9.17) is 0 Å². The van der Waals surface area contributed by atoms with E-state index in [1.54, 1.807) is 23.1 Å². The van der Waals surface area contributed by atoms with Crippen LogP contribution in [-0.4, -0.2) is 38.7 Å². The van der Waals surface area contributed by atoms with Crippen LogP contribution in [0.4, 0.5) is 4.39 Å². The van der Waals surface area contributed by atoms with Crippen LogP contribution in [0.5, 0.6) is 0 Å². The highest BCUT2D eigenvalue weighted by Crippen LogP contribution is 2.30. The molecule has 0 saturated heterocycles. The zero-order valence-electron chi connectivity index (χ0n) is 14.6. The quantitative estimate of drug-likeness (QED) is 0.810. The first-order chi connectivity index (χ1) is 11.9. The molecule has 1 amide bonds. The van der Waals surface area contributed by atoms with Gasteiger partial charge in [-0.3, -0.25) is 9.89 Å². The Morgan fingerprint density at radius 2 is 2.04 bits per heavy atom. The van der Waals surface area contributed by atoms with Crippen molar-refractivity contribution in [2.24, 2.45) is 5.92 Å². The van der Waals surface area contributed by atoms with E-state index in [1.807, 2.05) is 0 Å². The van der Waals surface area contributed by atoms with Crippen LogP contribution in [-0.2, 0) is 6.42 Å². The van der Waals surface area contributed by atoms with Gasteiger partial charge < -0.3 is 10.0 Å². The third-order valence-electron chi connectivity index (χ3n) is 4.35. The Bertz CT molecular complexity index is 723. The molecule has 1 aliphatic rings. The number of H-pyrrole nitrogens is 1. The van der Waals surface area contributed by atoms with E-state index >= 15 is 0 Å². The second-order valence-electron chi connectivity index (χ2n) is 7.13. The fourth-order valence-corrected chi connectivity index (χ4v) is 2.92. The van der Waals surface area contributed by atoms with E-state index < -0.39 is 6.10 Å². The first-order valence-corrected chi connectivity index (χ1v) is 8.73. The predicted octanol–water partition coefficient (Wildman–Crippen LogP) is 3.09. The fraction of sp³-hybridized carbons (Fsp3) is 0.474. The van der Waals surface area contributed by atoms with Crippen LogP contribution in [0.3, 0.4) is 0 Å². The number of amides is 1. The van der Waals surface area contributed by atoms with Gasteiger partial charge in [0.25, 0.3) is 5.91 Å². The van der Waals surface area contributed by atoms with Crippen molar-refractivity contribution in [3.05, 3.63) is 53.1 Å². The number of carbonyl (C=O) groups is 1. The zero-order chi connectivity index (χ0) is 18.0. The molecule has 25 heavy (non-hydrogen) atoms. The second-order valence-corrected chi connectivity index (χ2v) is 7.13. The van der Waals surface area contributed by atoms with E-state index in [1.165, 1.54) is 12.1 Å². The SMILES string of the molecule is CC(C)Cc1cc(C(=O)N(CC(O)c2ccc(F)cc2)C2CC2)n[nH]1. The number of aliphatic hydroxyl groups is 1. The predicted molar refractivity (Wildman–Crippen MR) is 92.5 cm³/mol. The first-order valence-electron chi connectivity index (χ1n) is 8.73. The van der Waals surface area contributed by atoms with Crippen LogP contribution < -0.4 is 0 Å². The number of aromatic amines is 1. The molecule has 1 unspecified atom stereocenters. The Morgan fingerprint density at radius 3 is 2.64 bits per heavy atom. The highest BCUT2D eigenvalue weighted by molar-refractivity contribution is 5.92. The summed E-state index contributed by atoms with van der Waals surface area (Å²) in [5.41, 5.74) is 1.92. The maximum atomic E-state index is 13.0. The van der Waals surface area contributed by atoms with Crippen LogP contribution in [0.15, 0.2) is 30.3 Å². The van der Waals surface area contributed by atoms with Crippen LogP contribution >= 0.6 is 0 Å². The van der Waals surface area contributed by atoms with E-state index in [2.05, 4.69) is 24.0 Å². The molecule has 5 nitrogen and oxygen atoms in total. The third-order valence-corrected chi connectivity index (χ3v) is 4.35. The molecule has 0 bridgehead atoms. The Balaban J connectivity index is 1.71. The topological polar surface area (TPSA) is 69.2 Å². The van der Waals surface area contributed by atoms with Crippen molar-refractivity contribution in [1.82, 2.24) is 15.1 Å². The van der Waals surface area contributed by atoms with Crippen LogP contribution in [0.1, 0.15) is 54.5 Å². The normalized spacial score (nSPS) is 15.4. The Labute approximate surface area is 146 Å². The number of benzene rings is 1. The Morgan fingerprint density at radius 1 is 1.36 bits per heavy atom. The van der Waals surface area contributed by atoms with Gasteiger partial charge in [-0.25, -0.2) is 4.39 Å². The van der Waals surface area contributed by atoms with Crippen LogP contribution in [0, 0.1) is 11.7 Å². The molecular formula is C19H24FN3O2. The Hall–Kier alpha value is -2.21. The lowest BCUT2D eigenvalue weighted by molar-refractivity contribution is 0.0597. The fourth-order valence-electron chi connectivity index (χ4n) is 2.92. The van der Waals surface area contributed by atoms with Gasteiger partial charge >= 0.3 is 0 Å². The van der Waals surface area contributed by atoms with Gasteiger partial charge in [0.2, 0.25) is 0 Å². The molecule has 2 aromatic rings. The molecule has 1 aromatic heterocycles. The van der Waals surface area contributed by atoms with E-state index in [-0.39, 0.29) is 24.3 Å². The smallest absolute Gasteiger partial charge is 0.274 e. The molecular weight excluding hydrogens is 321 g/mol. The summed E-state index contributed by atoms with van der Waals surface area (Å²) >= 11 is 0. The van der Waals surface area contributed by atoms with E-state index in [0.29, 0.717) is 17.2 Å². The number of hydrogen-bond donors (Lipinski definition) is 2. The van der Waals surface area contributed by atoms with Crippen molar-refractivity contribution >= 4 is 5.91 Å². The molecule has 0 radical (unpaired) electrons. The summed E-state index contributed by atoms with van der Waals surface area (Å²) in [4.78, 5) is 14.5. The minimum absolute atomic E-state index is 0.146. The lowest BCUT2D eigenvalue weighted by Crippen LogP contribution is -2.36. The average Bonchev–Trinajstić information content (AvgIpc) is 3.31. The van der Waals surface area contributed by atoms with E-state index in [9.17, 15) is 14.3 Å². The molecule has 0 aliphatic heterocycles. The lowest BCUT2D eigenvalue weighted by Gasteiger charge is -2.24. The van der Waals surface area contributed by atoms with Gasteiger partial charge in [-0.05, 0) is 48.9 Å². The largest absolute Gasteiger partial charge is 0.387 e. The molecule has 6 heteroatoms. The van der Waals surface area contributed by atoms with Gasteiger partial charge in [0.15, 0.2) is 0 Å². The number of carbonyl (C=O) groups excluding carboxylic acids is 1. The summed E-state index contributed by atoms with van der Waals surface area (Å²) in [6.45, 7) is 4.40. The van der Waals surface area contributed by atoms with Gasteiger partial charge in [0, 0.05) is 11.7 Å². The molecule has 3 rings (SSSR count). The Kier molecular flexibility index (Phi) is 5.18. The minimum atomic E-state index is -0.848. The summed E-state index contributed by atoms with van der Waals surface area (Å²) in [5.74, 6) is -0.0431. The van der Waals surface area contributed by atoms with Crippen LogP contribution in [0.2, 0.25) is 0 Å². The highest BCUT2D eigenvalue weighted by atomic mass is 19.1. The summed E-state index contributed by atoms with van der Waals surface area (Å²) in [6, 6.07) is 7.66. The maximum Gasteiger partial charge on any atom is 0.274 e. The maximum absolute atomic E-state index is 13.0. The van der Waals surface area contributed by atoms with Crippen molar-refractivity contribution in [2.45, 2.75) is 45.3 Å². The lowest BCUT2D eigenvalue weighted by atomic mass is 10.1. The van der Waals surface area contributed by atoms with Crippen LogP contribution in [0.25, 0.3) is 0 Å². The number of halogens is 1. The summed E-state index contributed by atoms with van der Waals surface area (Å²) in [7, 11) is 0. The minimum Gasteiger partial charge on any atom is -0.387 e. The molecule has 1 fully saturated rings. The number of hydrogen-bond acceptors (Lipinski definition) is 3. The monoisotopic (exact) mass is 345 g/mol. The second kappa shape index (κ2) is 7.35. The van der Waals surface area contributed by atoms with Crippen molar-refractivity contribution in [2.75, 3.05) is 6.54 Å². The number of aromatic nitrogens is 2. The molecule has 2 N–H and O–H groups in total. The van der Waals surface area contributed by atoms with Gasteiger partial charge in [-0.2, -0.15) is 5.10 Å². The summed E-state index contributed by atoms with van der Waals surface area (Å²) < 4.78 is 13.0. The van der Waals surface area contributed by atoms with Crippen molar-refractivity contribution in [1.29, 1.82) is 0 Å². The third kappa shape index (κ3) is 4.45. The molecule has 134 valence electrons. The zero-order valence-corrected chi connectivity index (χ0v) is 14.6. The van der Waals surface area contributed by atoms with Gasteiger partial charge in [-0.15, -0.1) is 0 Å². The van der Waals surface area contributed by atoms with Gasteiger partial charge in [0.05, 0.1) is 12.6 Å². The molecule has 1 atom stereocenters. The van der Waals surface area contributed by atoms with Gasteiger partial charge in [-0.1, -0.05) is 26.0 Å². The number of aliphatic hydroxyl groups excluding tert-OH is 1. The van der Waals surface area contributed by atoms with Crippen molar-refractivity contribution in [3.8, 4) is 0 Å².